The van der Waals surface area contributed by atoms with Crippen molar-refractivity contribution in [1.29, 1.82) is 0 Å². The van der Waals surface area contributed by atoms with Gasteiger partial charge in [0.1, 0.15) is 11.5 Å². The highest BCUT2D eigenvalue weighted by Crippen LogP contribution is 2.27. The molecule has 3 rings (SSSR count). The first-order valence-corrected chi connectivity index (χ1v) is 8.33. The maximum atomic E-state index is 12.2. The molecule has 0 aliphatic carbocycles. The van der Waals surface area contributed by atoms with Gasteiger partial charge in [0.05, 0.1) is 26.6 Å². The minimum atomic E-state index is -0.305. The van der Waals surface area contributed by atoms with Crippen molar-refractivity contribution in [3.8, 4) is 11.5 Å². The number of methoxy groups -OCH3 is 2. The predicted molar refractivity (Wildman–Crippen MR) is 103 cm³/mol. The van der Waals surface area contributed by atoms with Crippen LogP contribution in [0.4, 0.5) is 11.5 Å². The lowest BCUT2D eigenvalue weighted by Gasteiger charge is -2.10. The zero-order valence-electron chi connectivity index (χ0n) is 15.1. The maximum absolute atomic E-state index is 12.2. The van der Waals surface area contributed by atoms with Crippen LogP contribution in [0.25, 0.3) is 0 Å². The molecule has 0 unspecified atom stereocenters. The summed E-state index contributed by atoms with van der Waals surface area (Å²) in [7, 11) is 3.20. The lowest BCUT2D eigenvalue weighted by molar-refractivity contribution is 0.102. The first-order valence-electron chi connectivity index (χ1n) is 8.33. The highest BCUT2D eigenvalue weighted by molar-refractivity contribution is 6.02. The standard InChI is InChI=1S/C20H20N4O3/c1-26-17-9-8-14(10-18(17)27-2)11-22-19-13-21-16(12-23-19)20(25)24-15-6-4-3-5-7-15/h3-10,12-13H,11H2,1-2H3,(H,22,23)(H,24,25). The highest BCUT2D eigenvalue weighted by atomic mass is 16.5. The fourth-order valence-electron chi connectivity index (χ4n) is 2.44. The monoisotopic (exact) mass is 364 g/mol. The van der Waals surface area contributed by atoms with Crippen LogP contribution in [0, 0.1) is 0 Å². The van der Waals surface area contributed by atoms with Crippen molar-refractivity contribution in [3.05, 3.63) is 72.2 Å². The van der Waals surface area contributed by atoms with Crippen molar-refractivity contribution in [2.75, 3.05) is 24.9 Å². The minimum absolute atomic E-state index is 0.246. The van der Waals surface area contributed by atoms with E-state index in [0.29, 0.717) is 29.5 Å². The number of anilines is 2. The zero-order chi connectivity index (χ0) is 19.1. The van der Waals surface area contributed by atoms with Gasteiger partial charge in [0.2, 0.25) is 0 Å². The summed E-state index contributed by atoms with van der Waals surface area (Å²) in [6.07, 6.45) is 2.97. The summed E-state index contributed by atoms with van der Waals surface area (Å²) in [5.41, 5.74) is 1.95. The second-order valence-electron chi connectivity index (χ2n) is 5.65. The van der Waals surface area contributed by atoms with E-state index in [1.807, 2.05) is 48.5 Å². The smallest absolute Gasteiger partial charge is 0.275 e. The van der Waals surface area contributed by atoms with Gasteiger partial charge in [0, 0.05) is 12.2 Å². The fourth-order valence-corrected chi connectivity index (χ4v) is 2.44. The molecule has 0 saturated carbocycles. The lowest BCUT2D eigenvalue weighted by atomic mass is 10.2. The number of para-hydroxylation sites is 1. The first-order chi connectivity index (χ1) is 13.2. The van der Waals surface area contributed by atoms with Gasteiger partial charge in [0.25, 0.3) is 5.91 Å². The van der Waals surface area contributed by atoms with Crippen LogP contribution in [-0.4, -0.2) is 30.1 Å². The van der Waals surface area contributed by atoms with Crippen LogP contribution in [0.15, 0.2) is 60.9 Å². The Morgan fingerprint density at radius 1 is 0.963 bits per heavy atom. The molecule has 0 aliphatic rings. The maximum Gasteiger partial charge on any atom is 0.275 e. The number of hydrogen-bond acceptors (Lipinski definition) is 6. The van der Waals surface area contributed by atoms with Gasteiger partial charge in [0.15, 0.2) is 11.5 Å². The molecule has 1 amide bonds. The number of carbonyl (C=O) groups is 1. The number of nitrogens with one attached hydrogen (secondary N) is 2. The Balaban J connectivity index is 1.60. The quantitative estimate of drug-likeness (QED) is 0.669. The van der Waals surface area contributed by atoms with Gasteiger partial charge >= 0.3 is 0 Å². The molecule has 0 aliphatic heterocycles. The van der Waals surface area contributed by atoms with Crippen LogP contribution in [-0.2, 0) is 6.54 Å². The van der Waals surface area contributed by atoms with Crippen LogP contribution < -0.4 is 20.1 Å². The molecular formula is C20H20N4O3. The van der Waals surface area contributed by atoms with Crippen LogP contribution in [0.3, 0.4) is 0 Å². The summed E-state index contributed by atoms with van der Waals surface area (Å²) < 4.78 is 10.5. The summed E-state index contributed by atoms with van der Waals surface area (Å²) in [6, 6.07) is 14.9. The second-order valence-corrected chi connectivity index (χ2v) is 5.65. The van der Waals surface area contributed by atoms with Crippen LogP contribution >= 0.6 is 0 Å². The van der Waals surface area contributed by atoms with Gasteiger partial charge in [-0.3, -0.25) is 4.79 Å². The molecule has 2 N–H and O–H groups in total. The van der Waals surface area contributed by atoms with Gasteiger partial charge in [-0.25, -0.2) is 9.97 Å². The molecule has 1 heterocycles. The van der Waals surface area contributed by atoms with Crippen molar-refractivity contribution in [2.24, 2.45) is 0 Å². The Morgan fingerprint density at radius 3 is 2.41 bits per heavy atom. The number of benzene rings is 2. The lowest BCUT2D eigenvalue weighted by Crippen LogP contribution is -2.14. The van der Waals surface area contributed by atoms with Crippen LogP contribution in [0.5, 0.6) is 11.5 Å². The number of carbonyl (C=O) groups excluding carboxylic acids is 1. The molecule has 2 aromatic carbocycles. The Labute approximate surface area is 157 Å². The number of amides is 1. The number of aromatic nitrogens is 2. The molecule has 3 aromatic rings. The predicted octanol–water partition coefficient (Wildman–Crippen LogP) is 3.36. The van der Waals surface area contributed by atoms with E-state index >= 15 is 0 Å². The molecule has 7 nitrogen and oxygen atoms in total. The van der Waals surface area contributed by atoms with Gasteiger partial charge in [-0.1, -0.05) is 24.3 Å². The summed E-state index contributed by atoms with van der Waals surface area (Å²) in [6.45, 7) is 0.532. The minimum Gasteiger partial charge on any atom is -0.493 e. The van der Waals surface area contributed by atoms with Crippen molar-refractivity contribution < 1.29 is 14.3 Å². The van der Waals surface area contributed by atoms with Gasteiger partial charge in [-0.05, 0) is 29.8 Å². The van der Waals surface area contributed by atoms with Gasteiger partial charge in [-0.2, -0.15) is 0 Å². The third-order valence-electron chi connectivity index (χ3n) is 3.84. The number of ether oxygens (including phenoxy) is 2. The Morgan fingerprint density at radius 2 is 1.74 bits per heavy atom. The number of nitrogens with zero attached hydrogens (tertiary/aromatic N) is 2. The Bertz CT molecular complexity index is 899. The zero-order valence-corrected chi connectivity index (χ0v) is 15.1. The molecule has 0 bridgehead atoms. The summed E-state index contributed by atoms with van der Waals surface area (Å²) in [5, 5.41) is 5.94. The van der Waals surface area contributed by atoms with Crippen molar-refractivity contribution in [3.63, 3.8) is 0 Å². The van der Waals surface area contributed by atoms with E-state index in [0.717, 1.165) is 5.56 Å². The molecule has 0 radical (unpaired) electrons. The van der Waals surface area contributed by atoms with E-state index in [4.69, 9.17) is 9.47 Å². The van der Waals surface area contributed by atoms with E-state index in [1.165, 1.54) is 12.4 Å². The third-order valence-corrected chi connectivity index (χ3v) is 3.84. The van der Waals surface area contributed by atoms with Crippen molar-refractivity contribution in [2.45, 2.75) is 6.54 Å². The number of rotatable bonds is 7. The van der Waals surface area contributed by atoms with E-state index in [2.05, 4.69) is 20.6 Å². The number of hydrogen-bond donors (Lipinski definition) is 2. The highest BCUT2D eigenvalue weighted by Gasteiger charge is 2.09. The average molecular weight is 364 g/mol. The van der Waals surface area contributed by atoms with Gasteiger partial charge in [-0.15, -0.1) is 0 Å². The van der Waals surface area contributed by atoms with Crippen LogP contribution in [0.2, 0.25) is 0 Å². The van der Waals surface area contributed by atoms with Crippen molar-refractivity contribution >= 4 is 17.4 Å². The fraction of sp³-hybridized carbons (Fsp3) is 0.150. The van der Waals surface area contributed by atoms with E-state index in [1.54, 1.807) is 14.2 Å². The molecule has 138 valence electrons. The molecule has 0 fully saturated rings. The molecule has 7 heteroatoms. The van der Waals surface area contributed by atoms with E-state index < -0.39 is 0 Å². The SMILES string of the molecule is COc1ccc(CNc2cnc(C(=O)Nc3ccccc3)cn2)cc1OC. The van der Waals surface area contributed by atoms with Crippen LogP contribution in [0.1, 0.15) is 16.1 Å². The summed E-state index contributed by atoms with van der Waals surface area (Å²) in [5.74, 6) is 1.60. The van der Waals surface area contributed by atoms with E-state index in [-0.39, 0.29) is 11.6 Å². The largest absolute Gasteiger partial charge is 0.493 e. The molecule has 0 atom stereocenters. The second kappa shape index (κ2) is 8.66. The third kappa shape index (κ3) is 4.72. The molecule has 27 heavy (non-hydrogen) atoms. The average Bonchev–Trinajstić information content (AvgIpc) is 2.73. The molecule has 0 spiro atoms. The first kappa shape index (κ1) is 18.2. The Kier molecular flexibility index (Phi) is 5.84. The normalized spacial score (nSPS) is 10.1. The van der Waals surface area contributed by atoms with Crippen molar-refractivity contribution in [1.82, 2.24) is 9.97 Å². The Hall–Kier alpha value is -3.61. The van der Waals surface area contributed by atoms with E-state index in [9.17, 15) is 4.79 Å². The molecular weight excluding hydrogens is 344 g/mol. The topological polar surface area (TPSA) is 85.4 Å². The molecule has 0 saturated heterocycles. The summed E-state index contributed by atoms with van der Waals surface area (Å²) >= 11 is 0. The summed E-state index contributed by atoms with van der Waals surface area (Å²) in [4.78, 5) is 20.6. The molecule has 1 aromatic heterocycles. The van der Waals surface area contributed by atoms with Gasteiger partial charge < -0.3 is 20.1 Å².